The van der Waals surface area contributed by atoms with Crippen molar-refractivity contribution in [2.75, 3.05) is 44.6 Å². The van der Waals surface area contributed by atoms with Crippen LogP contribution in [0.3, 0.4) is 0 Å². The van der Waals surface area contributed by atoms with Crippen molar-refractivity contribution in [2.24, 2.45) is 13.0 Å². The average molecular weight is 711 g/mol. The molecule has 0 unspecified atom stereocenters. The second-order valence-corrected chi connectivity index (χ2v) is 15.1. The van der Waals surface area contributed by atoms with Gasteiger partial charge in [0.2, 0.25) is 5.91 Å². The van der Waals surface area contributed by atoms with Gasteiger partial charge < -0.3 is 24.6 Å². The highest BCUT2D eigenvalue weighted by Gasteiger charge is 2.41. The van der Waals surface area contributed by atoms with Crippen molar-refractivity contribution in [1.29, 1.82) is 0 Å². The Bertz CT molecular complexity index is 1710. The minimum absolute atomic E-state index is 0.0126. The molecule has 2 amide bonds. The monoisotopic (exact) mass is 709 g/mol. The van der Waals surface area contributed by atoms with E-state index in [4.69, 9.17) is 27.9 Å². The molecule has 2 aliphatic carbocycles. The molecule has 10 nitrogen and oxygen atoms in total. The van der Waals surface area contributed by atoms with E-state index in [0.717, 1.165) is 62.4 Å². The van der Waals surface area contributed by atoms with Crippen LogP contribution < -0.4 is 5.32 Å². The highest BCUT2D eigenvalue weighted by Crippen LogP contribution is 2.34. The summed E-state index contributed by atoms with van der Waals surface area (Å²) in [4.78, 5) is 45.8. The first-order valence-electron chi connectivity index (χ1n) is 17.6. The second kappa shape index (κ2) is 14.6. The van der Waals surface area contributed by atoms with E-state index < -0.39 is 5.97 Å². The van der Waals surface area contributed by atoms with Crippen molar-refractivity contribution < 1.29 is 24.2 Å². The number of aliphatic carboxylic acids is 1. The number of nitrogens with zero attached hydrogens (tertiary/aromatic N) is 4. The molecule has 2 aliphatic heterocycles. The van der Waals surface area contributed by atoms with Gasteiger partial charge in [-0.2, -0.15) is 0 Å². The SMILES string of the molecule is Cn1cc(C(=O)Nc2cc(Cl)c(CC(=O)N3C[C@@H](N4CCN(C5CC5)CC4)C[C@H]3CO[C@H]3CC[C@H](C(=O)O)CC3)cc2Cl)c2ccccc21. The Morgan fingerprint density at radius 3 is 2.31 bits per heavy atom. The first-order valence-corrected chi connectivity index (χ1v) is 18.4. The molecule has 0 radical (unpaired) electrons. The molecule has 2 N–H and O–H groups in total. The van der Waals surface area contributed by atoms with E-state index in [1.807, 2.05) is 40.8 Å². The number of aromatic nitrogens is 1. The van der Waals surface area contributed by atoms with Gasteiger partial charge >= 0.3 is 5.97 Å². The molecule has 3 aromatic rings. The Morgan fingerprint density at radius 1 is 0.918 bits per heavy atom. The fourth-order valence-corrected chi connectivity index (χ4v) is 8.51. The maximum atomic E-state index is 14.0. The molecule has 2 saturated heterocycles. The Kier molecular flexibility index (Phi) is 10.2. The third kappa shape index (κ3) is 7.64. The van der Waals surface area contributed by atoms with Gasteiger partial charge in [0, 0.05) is 74.0 Å². The number of carboxylic acids is 1. The molecule has 7 rings (SSSR count). The van der Waals surface area contributed by atoms with Crippen molar-refractivity contribution in [3.63, 3.8) is 0 Å². The minimum atomic E-state index is -0.727. The third-order valence-electron chi connectivity index (χ3n) is 11.1. The molecule has 0 bridgehead atoms. The van der Waals surface area contributed by atoms with E-state index in [9.17, 15) is 19.5 Å². The summed E-state index contributed by atoms with van der Waals surface area (Å²) in [5, 5.41) is 13.8. The summed E-state index contributed by atoms with van der Waals surface area (Å²) in [6, 6.07) is 11.9. The zero-order valence-electron chi connectivity index (χ0n) is 28.0. The maximum absolute atomic E-state index is 14.0. The number of anilines is 1. The molecule has 2 atom stereocenters. The molecular weight excluding hydrogens is 665 g/mol. The lowest BCUT2D eigenvalue weighted by molar-refractivity contribution is -0.144. The largest absolute Gasteiger partial charge is 0.481 e. The lowest BCUT2D eigenvalue weighted by Gasteiger charge is -2.38. The Labute approximate surface area is 297 Å². The third-order valence-corrected chi connectivity index (χ3v) is 11.7. The van der Waals surface area contributed by atoms with Gasteiger partial charge in [0.05, 0.1) is 47.4 Å². The lowest BCUT2D eigenvalue weighted by Crippen LogP contribution is -2.51. The van der Waals surface area contributed by atoms with Gasteiger partial charge in [0.15, 0.2) is 0 Å². The van der Waals surface area contributed by atoms with E-state index in [2.05, 4.69) is 15.1 Å². The number of ether oxygens (including phenoxy) is 1. The van der Waals surface area contributed by atoms with E-state index in [-0.39, 0.29) is 42.3 Å². The number of fused-ring (bicyclic) bond motifs is 1. The molecule has 4 aliphatic rings. The number of hydrogen-bond acceptors (Lipinski definition) is 6. The molecule has 3 heterocycles. The van der Waals surface area contributed by atoms with Crippen molar-refractivity contribution in [3.05, 3.63) is 63.8 Å². The summed E-state index contributed by atoms with van der Waals surface area (Å²) >= 11 is 13.4. The molecule has 1 aromatic heterocycles. The molecule has 2 saturated carbocycles. The number of carbonyl (C=O) groups excluding carboxylic acids is 2. The standard InChI is InChI=1S/C37H45Cl2N5O5/c1-41-21-30(29-4-2-3-5-34(29)41)36(46)40-33-19-31(38)24(16-32(33)39)17-35(45)44-20-26(43-14-12-42(13-15-43)25-8-9-25)18-27(44)22-49-28-10-6-23(7-11-28)37(47)48/h2-5,16,19,21,23,25-28H,6-15,17-18,20,22H2,1H3,(H,40,46)(H,47,48)/t23-,26-,27-,28-/m0/s1. The fourth-order valence-electron chi connectivity index (χ4n) is 8.05. The predicted molar refractivity (Wildman–Crippen MR) is 190 cm³/mol. The van der Waals surface area contributed by atoms with Crippen LogP contribution >= 0.6 is 23.2 Å². The summed E-state index contributed by atoms with van der Waals surface area (Å²) in [5.74, 6) is -1.35. The number of carboxylic acid groups (broad SMARTS) is 1. The van der Waals surface area contributed by atoms with Crippen LogP contribution in [-0.4, -0.2) is 106 Å². The summed E-state index contributed by atoms with van der Waals surface area (Å²) in [6.45, 7) is 5.21. The van der Waals surface area contributed by atoms with Gasteiger partial charge in [-0.1, -0.05) is 41.4 Å². The van der Waals surface area contributed by atoms with Crippen LogP contribution in [0.5, 0.6) is 0 Å². The topological polar surface area (TPSA) is 107 Å². The Hall–Kier alpha value is -3.15. The number of amides is 2. The minimum Gasteiger partial charge on any atom is -0.481 e. The van der Waals surface area contributed by atoms with Crippen LogP contribution in [0.25, 0.3) is 10.9 Å². The molecule has 262 valence electrons. The number of halogens is 2. The normalized spacial score (nSPS) is 25.2. The zero-order valence-corrected chi connectivity index (χ0v) is 29.5. The molecule has 2 aromatic carbocycles. The zero-order chi connectivity index (χ0) is 34.2. The van der Waals surface area contributed by atoms with Gasteiger partial charge in [-0.05, 0) is 68.7 Å². The second-order valence-electron chi connectivity index (χ2n) is 14.3. The van der Waals surface area contributed by atoms with Crippen molar-refractivity contribution in [3.8, 4) is 0 Å². The van der Waals surface area contributed by atoms with Crippen LogP contribution in [0.1, 0.15) is 60.9 Å². The van der Waals surface area contributed by atoms with Gasteiger partial charge in [-0.3, -0.25) is 24.2 Å². The maximum Gasteiger partial charge on any atom is 0.306 e. The number of para-hydroxylation sites is 1. The van der Waals surface area contributed by atoms with Crippen LogP contribution in [0.4, 0.5) is 5.69 Å². The quantitative estimate of drug-likeness (QED) is 0.279. The van der Waals surface area contributed by atoms with Gasteiger partial charge in [0.1, 0.15) is 0 Å². The molecule has 4 fully saturated rings. The molecule has 0 spiro atoms. The molecule has 49 heavy (non-hydrogen) atoms. The summed E-state index contributed by atoms with van der Waals surface area (Å²) < 4.78 is 8.29. The van der Waals surface area contributed by atoms with Gasteiger partial charge in [-0.15, -0.1) is 0 Å². The molecule has 12 heteroatoms. The number of likely N-dealkylation sites (tertiary alicyclic amines) is 1. The van der Waals surface area contributed by atoms with E-state index >= 15 is 0 Å². The number of benzene rings is 2. The highest BCUT2D eigenvalue weighted by atomic mass is 35.5. The van der Waals surface area contributed by atoms with Gasteiger partial charge in [-0.25, -0.2) is 0 Å². The Balaban J connectivity index is 1.02. The van der Waals surface area contributed by atoms with E-state index in [1.54, 1.807) is 18.3 Å². The number of rotatable bonds is 10. The summed E-state index contributed by atoms with van der Waals surface area (Å²) in [7, 11) is 1.90. The number of piperazine rings is 1. The number of nitrogens with one attached hydrogen (secondary N) is 1. The van der Waals surface area contributed by atoms with E-state index in [1.165, 1.54) is 12.8 Å². The summed E-state index contributed by atoms with van der Waals surface area (Å²) in [5.41, 5.74) is 2.47. The fraction of sp³-hybridized carbons (Fsp3) is 0.541. The average Bonchev–Trinajstić information content (AvgIpc) is 3.78. The number of aryl methyl sites for hydroxylation is 1. The first-order chi connectivity index (χ1) is 23.6. The van der Waals surface area contributed by atoms with Crippen molar-refractivity contribution >= 4 is 57.6 Å². The van der Waals surface area contributed by atoms with Crippen LogP contribution in [0, 0.1) is 5.92 Å². The van der Waals surface area contributed by atoms with Crippen molar-refractivity contribution in [1.82, 2.24) is 19.3 Å². The summed E-state index contributed by atoms with van der Waals surface area (Å²) in [6.07, 6.45) is 8.04. The number of carbonyl (C=O) groups is 3. The highest BCUT2D eigenvalue weighted by molar-refractivity contribution is 6.36. The van der Waals surface area contributed by atoms with Crippen LogP contribution in [0.15, 0.2) is 42.6 Å². The lowest BCUT2D eigenvalue weighted by atomic mass is 9.87. The predicted octanol–water partition coefficient (Wildman–Crippen LogP) is 5.69. The molecular formula is C37H45Cl2N5O5. The smallest absolute Gasteiger partial charge is 0.306 e. The van der Waals surface area contributed by atoms with Crippen LogP contribution in [0.2, 0.25) is 10.0 Å². The van der Waals surface area contributed by atoms with Crippen molar-refractivity contribution in [2.45, 2.75) is 75.6 Å². The van der Waals surface area contributed by atoms with Crippen LogP contribution in [-0.2, 0) is 27.8 Å². The Morgan fingerprint density at radius 2 is 1.61 bits per heavy atom. The van der Waals surface area contributed by atoms with E-state index in [0.29, 0.717) is 52.9 Å². The first kappa shape index (κ1) is 34.3. The van der Waals surface area contributed by atoms with Gasteiger partial charge in [0.25, 0.3) is 5.91 Å². The number of hydrogen-bond donors (Lipinski definition) is 2.